The molecular weight excluding hydrogens is 364 g/mol. The minimum absolute atomic E-state index is 0.200. The van der Waals surface area contributed by atoms with Crippen LogP contribution in [-0.2, 0) is 0 Å². The van der Waals surface area contributed by atoms with E-state index in [0.717, 1.165) is 26.9 Å². The van der Waals surface area contributed by atoms with Crippen LogP contribution in [0.5, 0.6) is 5.75 Å². The second-order valence-electron chi connectivity index (χ2n) is 7.38. The van der Waals surface area contributed by atoms with Gasteiger partial charge in [0.1, 0.15) is 5.75 Å². The van der Waals surface area contributed by atoms with Gasteiger partial charge in [-0.15, -0.1) is 0 Å². The van der Waals surface area contributed by atoms with E-state index in [0.29, 0.717) is 0 Å². The Morgan fingerprint density at radius 2 is 1.61 bits per heavy atom. The highest BCUT2D eigenvalue weighted by molar-refractivity contribution is 9.10. The number of hydrogen-bond donors (Lipinski definition) is 0. The molecule has 2 aromatic rings. The summed E-state index contributed by atoms with van der Waals surface area (Å²) in [6.45, 7) is 15.5. The summed E-state index contributed by atoms with van der Waals surface area (Å²) < 4.78 is 7.39. The van der Waals surface area contributed by atoms with Gasteiger partial charge >= 0.3 is 0 Å². The fraction of sp³-hybridized carbons (Fsp3) is 0.300. The first-order valence-electron chi connectivity index (χ1n) is 7.84. The molecule has 0 fully saturated rings. The summed E-state index contributed by atoms with van der Waals surface area (Å²) in [6.07, 6.45) is 0. The standard InChI is InChI=1S/C20H25BrOSi/c1-15(17-8-7-9-18(21)14-17)16-10-12-19(13-11-16)22-23(5,6)20(2,3)4/h7-14H,1H2,2-6H3. The van der Waals surface area contributed by atoms with Crippen molar-refractivity contribution in [1.29, 1.82) is 0 Å². The molecule has 0 radical (unpaired) electrons. The first-order chi connectivity index (χ1) is 10.6. The summed E-state index contributed by atoms with van der Waals surface area (Å²) in [4.78, 5) is 0. The largest absolute Gasteiger partial charge is 0.544 e. The van der Waals surface area contributed by atoms with Crippen LogP contribution in [0.25, 0.3) is 5.57 Å². The van der Waals surface area contributed by atoms with Crippen molar-refractivity contribution < 1.29 is 4.43 Å². The zero-order valence-corrected chi connectivity index (χ0v) is 17.2. The van der Waals surface area contributed by atoms with Crippen molar-refractivity contribution in [3.05, 3.63) is 70.7 Å². The van der Waals surface area contributed by atoms with Crippen LogP contribution in [-0.4, -0.2) is 8.32 Å². The number of hydrogen-bond acceptors (Lipinski definition) is 1. The summed E-state index contributed by atoms with van der Waals surface area (Å²) in [7, 11) is -1.79. The highest BCUT2D eigenvalue weighted by atomic mass is 79.9. The lowest BCUT2D eigenvalue weighted by Gasteiger charge is -2.36. The SMILES string of the molecule is C=C(c1ccc(O[Si](C)(C)C(C)(C)C)cc1)c1cccc(Br)c1. The predicted molar refractivity (Wildman–Crippen MR) is 107 cm³/mol. The molecule has 122 valence electrons. The minimum atomic E-state index is -1.79. The maximum Gasteiger partial charge on any atom is 0.250 e. The molecule has 0 unspecified atom stereocenters. The van der Waals surface area contributed by atoms with E-state index in [9.17, 15) is 0 Å². The Labute approximate surface area is 149 Å². The Morgan fingerprint density at radius 3 is 2.13 bits per heavy atom. The molecule has 0 aliphatic rings. The van der Waals surface area contributed by atoms with Gasteiger partial charge in [-0.25, -0.2) is 0 Å². The Kier molecular flexibility index (Phi) is 5.22. The molecule has 0 saturated carbocycles. The average Bonchev–Trinajstić information content (AvgIpc) is 2.46. The maximum atomic E-state index is 6.33. The zero-order chi connectivity index (χ0) is 17.3. The fourth-order valence-electron chi connectivity index (χ4n) is 2.01. The molecule has 0 aliphatic carbocycles. The molecule has 0 atom stereocenters. The van der Waals surface area contributed by atoms with Crippen LogP contribution in [0, 0.1) is 0 Å². The van der Waals surface area contributed by atoms with Crippen LogP contribution in [0.15, 0.2) is 59.6 Å². The lowest BCUT2D eigenvalue weighted by Crippen LogP contribution is -2.43. The summed E-state index contributed by atoms with van der Waals surface area (Å²) in [5.74, 6) is 0.947. The quantitative estimate of drug-likeness (QED) is 0.517. The first-order valence-corrected chi connectivity index (χ1v) is 11.5. The zero-order valence-electron chi connectivity index (χ0n) is 14.6. The highest BCUT2D eigenvalue weighted by Gasteiger charge is 2.38. The summed E-state index contributed by atoms with van der Waals surface area (Å²) in [5, 5.41) is 0.200. The predicted octanol–water partition coefficient (Wildman–Crippen LogP) is 6.89. The van der Waals surface area contributed by atoms with Gasteiger partial charge in [0.05, 0.1) is 0 Å². The molecule has 3 heteroatoms. The molecule has 2 rings (SSSR count). The minimum Gasteiger partial charge on any atom is -0.544 e. The van der Waals surface area contributed by atoms with Crippen molar-refractivity contribution in [3.63, 3.8) is 0 Å². The highest BCUT2D eigenvalue weighted by Crippen LogP contribution is 2.37. The van der Waals surface area contributed by atoms with Crippen LogP contribution >= 0.6 is 15.9 Å². The Balaban J connectivity index is 2.18. The van der Waals surface area contributed by atoms with Gasteiger partial charge in [-0.05, 0) is 59.1 Å². The summed E-state index contributed by atoms with van der Waals surface area (Å²) in [5.41, 5.74) is 3.26. The number of halogens is 1. The Bertz CT molecular complexity index is 696. The van der Waals surface area contributed by atoms with E-state index >= 15 is 0 Å². The van der Waals surface area contributed by atoms with Crippen molar-refractivity contribution in [2.24, 2.45) is 0 Å². The van der Waals surface area contributed by atoms with Crippen LogP contribution in [0.3, 0.4) is 0 Å². The smallest absolute Gasteiger partial charge is 0.250 e. The van der Waals surface area contributed by atoms with Gasteiger partial charge in [-0.2, -0.15) is 0 Å². The molecule has 2 aromatic carbocycles. The van der Waals surface area contributed by atoms with Crippen molar-refractivity contribution in [3.8, 4) is 5.75 Å². The monoisotopic (exact) mass is 388 g/mol. The molecule has 0 aliphatic heterocycles. The number of rotatable bonds is 4. The van der Waals surface area contributed by atoms with E-state index in [-0.39, 0.29) is 5.04 Å². The van der Waals surface area contributed by atoms with Crippen LogP contribution in [0.4, 0.5) is 0 Å². The van der Waals surface area contributed by atoms with E-state index in [1.54, 1.807) is 0 Å². The molecule has 0 amide bonds. The van der Waals surface area contributed by atoms with Gasteiger partial charge in [-0.3, -0.25) is 0 Å². The van der Waals surface area contributed by atoms with Crippen LogP contribution < -0.4 is 4.43 Å². The molecular formula is C20H25BrOSi. The molecule has 1 nitrogen and oxygen atoms in total. The third kappa shape index (κ3) is 4.36. The normalized spacial score (nSPS) is 12.1. The fourth-order valence-corrected chi connectivity index (χ4v) is 3.45. The maximum absolute atomic E-state index is 6.33. The molecule has 23 heavy (non-hydrogen) atoms. The van der Waals surface area contributed by atoms with E-state index in [2.05, 4.69) is 92.8 Å². The molecule has 0 heterocycles. The average molecular weight is 389 g/mol. The first kappa shape index (κ1) is 18.0. The second-order valence-corrected chi connectivity index (χ2v) is 13.0. The molecule has 0 saturated heterocycles. The van der Waals surface area contributed by atoms with E-state index in [4.69, 9.17) is 4.43 Å². The number of benzene rings is 2. The van der Waals surface area contributed by atoms with E-state index in [1.165, 1.54) is 0 Å². The van der Waals surface area contributed by atoms with E-state index in [1.807, 2.05) is 12.1 Å². The molecule has 0 aromatic heterocycles. The van der Waals surface area contributed by atoms with Gasteiger partial charge in [0.15, 0.2) is 0 Å². The van der Waals surface area contributed by atoms with E-state index < -0.39 is 8.32 Å². The van der Waals surface area contributed by atoms with Crippen LogP contribution in [0.2, 0.25) is 18.1 Å². The van der Waals surface area contributed by atoms with Gasteiger partial charge in [0.25, 0.3) is 0 Å². The van der Waals surface area contributed by atoms with Crippen molar-refractivity contribution >= 4 is 29.8 Å². The van der Waals surface area contributed by atoms with Crippen molar-refractivity contribution in [1.82, 2.24) is 0 Å². The Hall–Kier alpha value is -1.32. The summed E-state index contributed by atoms with van der Waals surface area (Å²) in [6, 6.07) is 16.5. The molecule has 0 spiro atoms. The lowest BCUT2D eigenvalue weighted by molar-refractivity contribution is 0.492. The Morgan fingerprint density at radius 1 is 1.00 bits per heavy atom. The third-order valence-electron chi connectivity index (χ3n) is 4.56. The third-order valence-corrected chi connectivity index (χ3v) is 9.41. The molecule has 0 bridgehead atoms. The van der Waals surface area contributed by atoms with Crippen molar-refractivity contribution in [2.45, 2.75) is 38.9 Å². The second kappa shape index (κ2) is 6.66. The lowest BCUT2D eigenvalue weighted by atomic mass is 10.00. The van der Waals surface area contributed by atoms with Crippen LogP contribution in [0.1, 0.15) is 31.9 Å². The van der Waals surface area contributed by atoms with Gasteiger partial charge in [0.2, 0.25) is 8.32 Å². The van der Waals surface area contributed by atoms with Gasteiger partial charge in [-0.1, -0.05) is 67.5 Å². The molecule has 0 N–H and O–H groups in total. The summed E-state index contributed by atoms with van der Waals surface area (Å²) >= 11 is 3.51. The van der Waals surface area contributed by atoms with Crippen molar-refractivity contribution in [2.75, 3.05) is 0 Å². The van der Waals surface area contributed by atoms with Gasteiger partial charge < -0.3 is 4.43 Å². The van der Waals surface area contributed by atoms with Gasteiger partial charge in [0, 0.05) is 4.47 Å². The topological polar surface area (TPSA) is 9.23 Å².